The third-order valence-corrected chi connectivity index (χ3v) is 2.56. The number of hydrogen-bond donors (Lipinski definition) is 1. The van der Waals surface area contributed by atoms with Crippen molar-refractivity contribution < 1.29 is 9.50 Å². The number of hydrogen-bond acceptors (Lipinski definition) is 2. The van der Waals surface area contributed by atoms with Crippen LogP contribution in [0.5, 0.6) is 0 Å². The summed E-state index contributed by atoms with van der Waals surface area (Å²) in [5.41, 5.74) is 0.467. The molecule has 0 aromatic heterocycles. The third-order valence-electron chi connectivity index (χ3n) is 2.27. The first kappa shape index (κ1) is 12.0. The molecule has 2 atom stereocenters. The number of nitriles is 1. The maximum Gasteiger partial charge on any atom is 0.141 e. The summed E-state index contributed by atoms with van der Waals surface area (Å²) in [6.07, 6.45) is -0.384. The van der Waals surface area contributed by atoms with Crippen molar-refractivity contribution in [3.8, 4) is 6.07 Å². The van der Waals surface area contributed by atoms with Crippen molar-refractivity contribution in [2.75, 3.05) is 0 Å². The molecule has 1 rings (SSSR count). The van der Waals surface area contributed by atoms with Crippen LogP contribution in [0.15, 0.2) is 18.2 Å². The molecule has 2 unspecified atom stereocenters. The molecule has 0 bridgehead atoms. The van der Waals surface area contributed by atoms with Crippen molar-refractivity contribution >= 4 is 11.6 Å². The number of aliphatic hydroxyl groups excluding tert-OH is 1. The van der Waals surface area contributed by atoms with Crippen LogP contribution in [0.4, 0.5) is 4.39 Å². The largest absolute Gasteiger partial charge is 0.387 e. The van der Waals surface area contributed by atoms with Gasteiger partial charge in [0, 0.05) is 0 Å². The zero-order chi connectivity index (χ0) is 11.4. The van der Waals surface area contributed by atoms with Crippen LogP contribution in [-0.2, 0) is 0 Å². The number of benzene rings is 1. The van der Waals surface area contributed by atoms with Gasteiger partial charge in [-0.15, -0.1) is 0 Å². The van der Waals surface area contributed by atoms with E-state index < -0.39 is 17.8 Å². The molecule has 0 heterocycles. The predicted molar refractivity (Wildman–Crippen MR) is 55.8 cm³/mol. The van der Waals surface area contributed by atoms with Crippen molar-refractivity contribution in [2.45, 2.75) is 19.4 Å². The van der Waals surface area contributed by atoms with Gasteiger partial charge in [-0.2, -0.15) is 5.26 Å². The smallest absolute Gasteiger partial charge is 0.141 e. The van der Waals surface area contributed by atoms with Crippen LogP contribution in [0.3, 0.4) is 0 Å². The Kier molecular flexibility index (Phi) is 4.07. The van der Waals surface area contributed by atoms with Crippen LogP contribution in [0, 0.1) is 23.1 Å². The van der Waals surface area contributed by atoms with E-state index in [1.54, 1.807) is 0 Å². The summed E-state index contributed by atoms with van der Waals surface area (Å²) in [7, 11) is 0. The van der Waals surface area contributed by atoms with Crippen molar-refractivity contribution in [1.29, 1.82) is 5.26 Å². The second-order valence-electron chi connectivity index (χ2n) is 3.26. The molecule has 0 aliphatic rings. The first-order valence-corrected chi connectivity index (χ1v) is 5.00. The van der Waals surface area contributed by atoms with E-state index in [1.165, 1.54) is 18.2 Å². The van der Waals surface area contributed by atoms with Gasteiger partial charge in [0.2, 0.25) is 0 Å². The van der Waals surface area contributed by atoms with E-state index in [9.17, 15) is 9.50 Å². The molecule has 1 aromatic carbocycles. The molecule has 0 fully saturated rings. The Hall–Kier alpha value is -1.11. The van der Waals surface area contributed by atoms with Crippen LogP contribution in [-0.4, -0.2) is 5.11 Å². The summed E-state index contributed by atoms with van der Waals surface area (Å²) >= 11 is 5.58. The van der Waals surface area contributed by atoms with E-state index in [0.717, 1.165) is 0 Å². The molecule has 2 nitrogen and oxygen atoms in total. The minimum atomic E-state index is -0.918. The number of nitrogens with zero attached hydrogens (tertiary/aromatic N) is 1. The zero-order valence-electron chi connectivity index (χ0n) is 8.24. The molecular formula is C11H11ClFNO. The second kappa shape index (κ2) is 5.11. The Balaban J connectivity index is 2.97. The van der Waals surface area contributed by atoms with Crippen LogP contribution in [0.2, 0.25) is 5.02 Å². The van der Waals surface area contributed by atoms with Crippen molar-refractivity contribution in [3.63, 3.8) is 0 Å². The fourth-order valence-electron chi connectivity index (χ4n) is 1.31. The average Bonchev–Trinajstić information content (AvgIpc) is 2.23. The van der Waals surface area contributed by atoms with E-state index in [-0.39, 0.29) is 5.02 Å². The van der Waals surface area contributed by atoms with Crippen LogP contribution >= 0.6 is 11.6 Å². The van der Waals surface area contributed by atoms with Crippen molar-refractivity contribution in [2.24, 2.45) is 5.92 Å². The summed E-state index contributed by atoms with van der Waals surface area (Å²) in [5, 5.41) is 18.5. The maximum absolute atomic E-state index is 12.8. The lowest BCUT2D eigenvalue weighted by atomic mass is 9.95. The van der Waals surface area contributed by atoms with E-state index in [4.69, 9.17) is 16.9 Å². The SMILES string of the molecule is CCC(C#N)C(O)c1ccc(F)c(Cl)c1. The van der Waals surface area contributed by atoms with Gasteiger partial charge >= 0.3 is 0 Å². The molecule has 0 spiro atoms. The number of rotatable bonds is 3. The predicted octanol–water partition coefficient (Wildman–Crippen LogP) is 3.06. The molecule has 0 saturated heterocycles. The molecule has 0 aliphatic carbocycles. The molecule has 80 valence electrons. The Morgan fingerprint density at radius 3 is 2.73 bits per heavy atom. The van der Waals surface area contributed by atoms with Gasteiger partial charge in [-0.1, -0.05) is 24.6 Å². The van der Waals surface area contributed by atoms with Crippen molar-refractivity contribution in [1.82, 2.24) is 0 Å². The van der Waals surface area contributed by atoms with Crippen molar-refractivity contribution in [3.05, 3.63) is 34.6 Å². The zero-order valence-corrected chi connectivity index (χ0v) is 9.00. The minimum Gasteiger partial charge on any atom is -0.387 e. The van der Waals surface area contributed by atoms with Gasteiger partial charge < -0.3 is 5.11 Å². The summed E-state index contributed by atoms with van der Waals surface area (Å²) in [6, 6.07) is 5.97. The lowest BCUT2D eigenvalue weighted by molar-refractivity contribution is 0.132. The van der Waals surface area contributed by atoms with Crippen LogP contribution < -0.4 is 0 Å². The number of aliphatic hydroxyl groups is 1. The molecule has 0 aliphatic heterocycles. The van der Waals surface area contributed by atoms with Crippen LogP contribution in [0.25, 0.3) is 0 Å². The molecule has 15 heavy (non-hydrogen) atoms. The Morgan fingerprint density at radius 1 is 1.60 bits per heavy atom. The summed E-state index contributed by atoms with van der Waals surface area (Å²) in [4.78, 5) is 0. The monoisotopic (exact) mass is 227 g/mol. The quantitative estimate of drug-likeness (QED) is 0.863. The first-order valence-electron chi connectivity index (χ1n) is 4.62. The fourth-order valence-corrected chi connectivity index (χ4v) is 1.50. The molecule has 0 amide bonds. The van der Waals surface area contributed by atoms with Gasteiger partial charge in [-0.25, -0.2) is 4.39 Å². The minimum absolute atomic E-state index is 0.0423. The normalized spacial score (nSPS) is 14.3. The summed E-state index contributed by atoms with van der Waals surface area (Å²) in [6.45, 7) is 1.81. The van der Waals surface area contributed by atoms with E-state index in [0.29, 0.717) is 12.0 Å². The highest BCUT2D eigenvalue weighted by molar-refractivity contribution is 6.30. The van der Waals surface area contributed by atoms with Gasteiger partial charge in [0.05, 0.1) is 23.1 Å². The average molecular weight is 228 g/mol. The molecule has 4 heteroatoms. The Bertz CT molecular complexity index is 389. The second-order valence-corrected chi connectivity index (χ2v) is 3.67. The van der Waals surface area contributed by atoms with E-state index >= 15 is 0 Å². The van der Waals surface area contributed by atoms with E-state index in [2.05, 4.69) is 0 Å². The standard InChI is InChI=1S/C11H11ClFNO/c1-2-7(6-14)11(15)8-3-4-10(13)9(12)5-8/h3-5,7,11,15H,2H2,1H3. The third kappa shape index (κ3) is 2.68. The molecular weight excluding hydrogens is 217 g/mol. The Morgan fingerprint density at radius 2 is 2.27 bits per heavy atom. The highest BCUT2D eigenvalue weighted by Crippen LogP contribution is 2.27. The Labute approximate surface area is 92.9 Å². The molecule has 1 aromatic rings. The molecule has 0 saturated carbocycles. The van der Waals surface area contributed by atoms with Gasteiger partial charge in [-0.3, -0.25) is 0 Å². The van der Waals surface area contributed by atoms with Crippen LogP contribution in [0.1, 0.15) is 25.0 Å². The molecule has 1 N–H and O–H groups in total. The summed E-state index contributed by atoms with van der Waals surface area (Å²) < 4.78 is 12.8. The van der Waals surface area contributed by atoms with Gasteiger partial charge in [0.1, 0.15) is 5.82 Å². The lowest BCUT2D eigenvalue weighted by Crippen LogP contribution is -2.09. The van der Waals surface area contributed by atoms with Gasteiger partial charge in [0.25, 0.3) is 0 Å². The van der Waals surface area contributed by atoms with Gasteiger partial charge in [-0.05, 0) is 24.1 Å². The topological polar surface area (TPSA) is 44.0 Å². The highest BCUT2D eigenvalue weighted by Gasteiger charge is 2.19. The fraction of sp³-hybridized carbons (Fsp3) is 0.364. The maximum atomic E-state index is 12.8. The van der Waals surface area contributed by atoms with E-state index in [1.807, 2.05) is 13.0 Å². The highest BCUT2D eigenvalue weighted by atomic mass is 35.5. The summed E-state index contributed by atoms with van der Waals surface area (Å²) in [5.74, 6) is -1.02. The lowest BCUT2D eigenvalue weighted by Gasteiger charge is -2.15. The first-order chi connectivity index (χ1) is 7.10. The van der Waals surface area contributed by atoms with Gasteiger partial charge in [0.15, 0.2) is 0 Å². The number of halogens is 2. The molecule has 0 radical (unpaired) electrons.